The predicted octanol–water partition coefficient (Wildman–Crippen LogP) is 9.66. The van der Waals surface area contributed by atoms with Gasteiger partial charge < -0.3 is 10.4 Å². The molecule has 1 aromatic heterocycles. The number of nitrogens with zero attached hydrogens (tertiary/aromatic N) is 4. The number of benzene rings is 3. The zero-order valence-electron chi connectivity index (χ0n) is 26.3. The third-order valence-electron chi connectivity index (χ3n) is 8.18. The van der Waals surface area contributed by atoms with E-state index in [2.05, 4.69) is 27.8 Å². The molecule has 44 heavy (non-hydrogen) atoms. The largest absolute Gasteiger partial charge is 0.506 e. The van der Waals surface area contributed by atoms with Crippen molar-refractivity contribution in [2.24, 2.45) is 0 Å². The SMILES string of the molecule is CCCCCCCCCCCCCCCCCCNC(=O)c1cc(Sc2nnnn2-c2ccccc2)c2ccccc2c1O. The number of carbonyl (C=O) groups is 1. The van der Waals surface area contributed by atoms with E-state index in [-0.39, 0.29) is 17.2 Å². The molecule has 0 saturated heterocycles. The Labute approximate surface area is 267 Å². The van der Waals surface area contributed by atoms with Crippen LogP contribution in [0.2, 0.25) is 0 Å². The molecule has 0 radical (unpaired) electrons. The first-order valence-corrected chi connectivity index (χ1v) is 17.5. The molecule has 0 aliphatic carbocycles. The van der Waals surface area contributed by atoms with Gasteiger partial charge in [-0.1, -0.05) is 146 Å². The van der Waals surface area contributed by atoms with E-state index in [1.165, 1.54) is 102 Å². The van der Waals surface area contributed by atoms with Crippen LogP contribution in [0.25, 0.3) is 16.5 Å². The molecule has 0 aliphatic heterocycles. The number of aromatic nitrogens is 4. The van der Waals surface area contributed by atoms with Gasteiger partial charge in [-0.25, -0.2) is 0 Å². The standard InChI is InChI=1S/C36H49N5O2S/c1-2-3-4-5-6-7-8-9-10-11-12-13-14-15-16-22-27-37-35(43)32-28-33(30-25-20-21-26-31(30)34(32)42)44-36-38-39-40-41(36)29-23-18-17-19-24-29/h17-21,23-26,28,42H,2-16,22,27H2,1H3,(H,37,43). The average molecular weight is 616 g/mol. The lowest BCUT2D eigenvalue weighted by Crippen LogP contribution is -2.24. The average Bonchev–Trinajstić information content (AvgIpc) is 3.52. The van der Waals surface area contributed by atoms with Gasteiger partial charge in [-0.05, 0) is 52.2 Å². The van der Waals surface area contributed by atoms with E-state index in [0.29, 0.717) is 17.1 Å². The predicted molar refractivity (Wildman–Crippen MR) is 181 cm³/mol. The highest BCUT2D eigenvalue weighted by Crippen LogP contribution is 2.39. The molecule has 0 aliphatic rings. The minimum absolute atomic E-state index is 0.00271. The summed E-state index contributed by atoms with van der Waals surface area (Å²) in [5.41, 5.74) is 1.11. The first-order valence-electron chi connectivity index (χ1n) is 16.7. The maximum Gasteiger partial charge on any atom is 0.255 e. The summed E-state index contributed by atoms with van der Waals surface area (Å²) < 4.78 is 1.67. The zero-order chi connectivity index (χ0) is 30.8. The number of aromatic hydroxyl groups is 1. The van der Waals surface area contributed by atoms with E-state index in [9.17, 15) is 9.90 Å². The number of phenolic OH excluding ortho intramolecular Hbond substituents is 1. The second-order valence-electron chi connectivity index (χ2n) is 11.7. The van der Waals surface area contributed by atoms with Crippen molar-refractivity contribution in [2.45, 2.75) is 120 Å². The molecule has 1 heterocycles. The first-order chi connectivity index (χ1) is 21.7. The van der Waals surface area contributed by atoms with Crippen molar-refractivity contribution in [1.29, 1.82) is 0 Å². The Morgan fingerprint density at radius 3 is 1.91 bits per heavy atom. The number of para-hydroxylation sites is 1. The summed E-state index contributed by atoms with van der Waals surface area (Å²) >= 11 is 1.37. The highest BCUT2D eigenvalue weighted by molar-refractivity contribution is 7.99. The van der Waals surface area contributed by atoms with E-state index >= 15 is 0 Å². The van der Waals surface area contributed by atoms with E-state index in [0.717, 1.165) is 28.8 Å². The van der Waals surface area contributed by atoms with Crippen molar-refractivity contribution in [3.63, 3.8) is 0 Å². The van der Waals surface area contributed by atoms with Crippen LogP contribution in [0.3, 0.4) is 0 Å². The fourth-order valence-electron chi connectivity index (χ4n) is 5.63. The molecule has 0 saturated carbocycles. The second-order valence-corrected chi connectivity index (χ2v) is 12.7. The molecule has 0 fully saturated rings. The van der Waals surface area contributed by atoms with Gasteiger partial charge in [-0.15, -0.1) is 5.10 Å². The fourth-order valence-corrected chi connectivity index (χ4v) is 6.59. The summed E-state index contributed by atoms with van der Waals surface area (Å²) in [6.07, 6.45) is 21.1. The van der Waals surface area contributed by atoms with Gasteiger partial charge >= 0.3 is 0 Å². The maximum absolute atomic E-state index is 13.2. The molecule has 2 N–H and O–H groups in total. The van der Waals surface area contributed by atoms with Crippen molar-refractivity contribution in [3.8, 4) is 11.4 Å². The molecule has 236 valence electrons. The molecule has 8 heteroatoms. The van der Waals surface area contributed by atoms with E-state index < -0.39 is 0 Å². The Hall–Kier alpha value is -3.39. The highest BCUT2D eigenvalue weighted by Gasteiger charge is 2.19. The Kier molecular flexibility index (Phi) is 14.5. The van der Waals surface area contributed by atoms with Crippen LogP contribution in [0.15, 0.2) is 70.7 Å². The van der Waals surface area contributed by atoms with Gasteiger partial charge in [0.1, 0.15) is 5.75 Å². The first kappa shape index (κ1) is 33.5. The van der Waals surface area contributed by atoms with Crippen molar-refractivity contribution in [3.05, 3.63) is 66.2 Å². The van der Waals surface area contributed by atoms with Crippen LogP contribution < -0.4 is 5.32 Å². The molecule has 1 amide bonds. The molecule has 0 unspecified atom stereocenters. The van der Waals surface area contributed by atoms with Crippen molar-refractivity contribution in [1.82, 2.24) is 25.5 Å². The summed E-state index contributed by atoms with van der Waals surface area (Å²) in [4.78, 5) is 14.0. The summed E-state index contributed by atoms with van der Waals surface area (Å²) in [5.74, 6) is -0.268. The van der Waals surface area contributed by atoms with E-state index in [1.54, 1.807) is 10.7 Å². The van der Waals surface area contributed by atoms with Crippen molar-refractivity contribution < 1.29 is 9.90 Å². The van der Waals surface area contributed by atoms with Gasteiger partial charge in [-0.3, -0.25) is 4.79 Å². The normalized spacial score (nSPS) is 11.3. The summed E-state index contributed by atoms with van der Waals surface area (Å²) in [6.45, 7) is 2.87. The van der Waals surface area contributed by atoms with Crippen LogP contribution in [-0.2, 0) is 0 Å². The van der Waals surface area contributed by atoms with Crippen molar-refractivity contribution in [2.75, 3.05) is 6.54 Å². The molecule has 0 spiro atoms. The Morgan fingerprint density at radius 1 is 0.750 bits per heavy atom. The highest BCUT2D eigenvalue weighted by atomic mass is 32.2. The molecule has 7 nitrogen and oxygen atoms in total. The number of unbranched alkanes of at least 4 members (excludes halogenated alkanes) is 15. The van der Waals surface area contributed by atoms with Crippen LogP contribution in [-0.4, -0.2) is 37.8 Å². The minimum Gasteiger partial charge on any atom is -0.506 e. The lowest BCUT2D eigenvalue weighted by molar-refractivity contribution is 0.0950. The number of carbonyl (C=O) groups excluding carboxylic acids is 1. The molecule has 0 bridgehead atoms. The number of amides is 1. The molecule has 0 atom stereocenters. The Morgan fingerprint density at radius 2 is 1.30 bits per heavy atom. The third kappa shape index (κ3) is 10.4. The number of hydrogen-bond donors (Lipinski definition) is 2. The van der Waals surface area contributed by atoms with Crippen LogP contribution >= 0.6 is 11.8 Å². The van der Waals surface area contributed by atoms with Crippen LogP contribution in [0, 0.1) is 0 Å². The van der Waals surface area contributed by atoms with Gasteiger partial charge in [0.2, 0.25) is 5.16 Å². The number of nitrogens with one attached hydrogen (secondary N) is 1. The number of fused-ring (bicyclic) bond motifs is 1. The summed E-state index contributed by atoms with van der Waals surface area (Å²) in [7, 11) is 0. The molecule has 4 rings (SSSR count). The Balaban J connectivity index is 1.18. The van der Waals surface area contributed by atoms with Gasteiger partial charge in [0.15, 0.2) is 0 Å². The number of tetrazole rings is 1. The van der Waals surface area contributed by atoms with Crippen LogP contribution in [0.5, 0.6) is 5.75 Å². The number of hydrogen-bond acceptors (Lipinski definition) is 6. The molecular weight excluding hydrogens is 566 g/mol. The number of phenols is 1. The molecular formula is C36H49N5O2S. The van der Waals surface area contributed by atoms with E-state index in [1.807, 2.05) is 54.6 Å². The lowest BCUT2D eigenvalue weighted by atomic mass is 10.0. The quantitative estimate of drug-likeness (QED) is 0.0907. The zero-order valence-corrected chi connectivity index (χ0v) is 27.2. The minimum atomic E-state index is -0.265. The van der Waals surface area contributed by atoms with Crippen LogP contribution in [0.1, 0.15) is 120 Å². The smallest absolute Gasteiger partial charge is 0.255 e. The summed E-state index contributed by atoms with van der Waals surface area (Å²) in [5, 5.41) is 28.3. The monoisotopic (exact) mass is 615 g/mol. The Bertz CT molecular complexity index is 1410. The molecule has 3 aromatic carbocycles. The van der Waals surface area contributed by atoms with Crippen LogP contribution in [0.4, 0.5) is 0 Å². The maximum atomic E-state index is 13.2. The van der Waals surface area contributed by atoms with Gasteiger partial charge in [0.05, 0.1) is 11.3 Å². The van der Waals surface area contributed by atoms with Gasteiger partial charge in [-0.2, -0.15) is 4.68 Å². The van der Waals surface area contributed by atoms with Crippen molar-refractivity contribution >= 4 is 28.4 Å². The second kappa shape index (κ2) is 19.1. The lowest BCUT2D eigenvalue weighted by Gasteiger charge is -2.13. The summed E-state index contributed by atoms with van der Waals surface area (Å²) in [6, 6.07) is 19.0. The number of rotatable bonds is 21. The fraction of sp³-hybridized carbons (Fsp3) is 0.500. The van der Waals surface area contributed by atoms with E-state index in [4.69, 9.17) is 0 Å². The third-order valence-corrected chi connectivity index (χ3v) is 9.18. The molecule has 4 aromatic rings. The van der Waals surface area contributed by atoms with Gasteiger partial charge in [0, 0.05) is 16.8 Å². The van der Waals surface area contributed by atoms with Gasteiger partial charge in [0.25, 0.3) is 5.91 Å². The topological polar surface area (TPSA) is 92.9 Å².